The highest BCUT2D eigenvalue weighted by Gasteiger charge is 2.52. The van der Waals surface area contributed by atoms with Gasteiger partial charge < -0.3 is 10.2 Å². The largest absolute Gasteiger partial charge is 0.480 e. The standard InChI is InChI=1S/C27H40F3NO4/c1-17(2)12-14-31(15-13-18(3)4)23-11-10-21(26(5,24(32)33)25(34)35)16-22(23)19-6-8-20(9-7-19)27(28,29)30/h6-9,17-18,21-23H,10-16H2,1-5H3,(H,32,33)(H,34,35). The minimum absolute atomic E-state index is 0.00678. The summed E-state index contributed by atoms with van der Waals surface area (Å²) >= 11 is 0. The summed E-state index contributed by atoms with van der Waals surface area (Å²) in [5.41, 5.74) is -1.98. The Morgan fingerprint density at radius 1 is 0.943 bits per heavy atom. The van der Waals surface area contributed by atoms with Crippen LogP contribution in [0.1, 0.15) is 83.8 Å². The minimum atomic E-state index is -4.45. The first-order chi connectivity index (χ1) is 16.2. The van der Waals surface area contributed by atoms with E-state index in [0.29, 0.717) is 36.7 Å². The van der Waals surface area contributed by atoms with Gasteiger partial charge in [-0.1, -0.05) is 39.8 Å². The molecular weight excluding hydrogens is 459 g/mol. The molecule has 2 rings (SSSR count). The molecule has 0 heterocycles. The highest BCUT2D eigenvalue weighted by Crippen LogP contribution is 2.47. The second-order valence-corrected chi connectivity index (χ2v) is 11.0. The van der Waals surface area contributed by atoms with E-state index in [1.54, 1.807) is 0 Å². The lowest BCUT2D eigenvalue weighted by molar-refractivity contribution is -0.169. The molecule has 0 amide bonds. The first kappa shape index (κ1) is 29.1. The van der Waals surface area contributed by atoms with Crippen LogP contribution in [0.15, 0.2) is 24.3 Å². The van der Waals surface area contributed by atoms with Gasteiger partial charge in [-0.25, -0.2) is 0 Å². The van der Waals surface area contributed by atoms with Crippen molar-refractivity contribution >= 4 is 11.9 Å². The van der Waals surface area contributed by atoms with Gasteiger partial charge in [0.1, 0.15) is 0 Å². The molecule has 1 aromatic rings. The molecule has 0 spiro atoms. The van der Waals surface area contributed by atoms with E-state index in [9.17, 15) is 33.0 Å². The maximum Gasteiger partial charge on any atom is 0.416 e. The van der Waals surface area contributed by atoms with Gasteiger partial charge in [0.25, 0.3) is 0 Å². The predicted octanol–water partition coefficient (Wildman–Crippen LogP) is 6.53. The first-order valence-electron chi connectivity index (χ1n) is 12.6. The van der Waals surface area contributed by atoms with Gasteiger partial charge in [-0.2, -0.15) is 13.2 Å². The van der Waals surface area contributed by atoms with E-state index < -0.39 is 35.0 Å². The molecular formula is C27H40F3NO4. The highest BCUT2D eigenvalue weighted by molar-refractivity contribution is 5.98. The van der Waals surface area contributed by atoms with Crippen molar-refractivity contribution in [2.75, 3.05) is 13.1 Å². The molecule has 1 aromatic carbocycles. The summed E-state index contributed by atoms with van der Waals surface area (Å²) in [7, 11) is 0. The molecule has 1 fully saturated rings. The van der Waals surface area contributed by atoms with Crippen molar-refractivity contribution in [1.82, 2.24) is 4.90 Å². The normalized spacial score (nSPS) is 21.6. The van der Waals surface area contributed by atoms with Crippen molar-refractivity contribution in [2.24, 2.45) is 23.2 Å². The molecule has 0 radical (unpaired) electrons. The van der Waals surface area contributed by atoms with Crippen LogP contribution in [0.2, 0.25) is 0 Å². The van der Waals surface area contributed by atoms with Gasteiger partial charge in [0.15, 0.2) is 5.41 Å². The number of rotatable bonds is 11. The van der Waals surface area contributed by atoms with Crippen LogP contribution in [0.4, 0.5) is 13.2 Å². The molecule has 0 aliphatic heterocycles. The number of hydrogen-bond acceptors (Lipinski definition) is 3. The van der Waals surface area contributed by atoms with Crippen LogP contribution >= 0.6 is 0 Å². The van der Waals surface area contributed by atoms with E-state index in [1.165, 1.54) is 19.1 Å². The molecule has 2 N–H and O–H groups in total. The van der Waals surface area contributed by atoms with Crippen molar-refractivity contribution in [3.05, 3.63) is 35.4 Å². The van der Waals surface area contributed by atoms with Gasteiger partial charge in [-0.15, -0.1) is 0 Å². The average Bonchev–Trinajstić information content (AvgIpc) is 2.77. The Morgan fingerprint density at radius 2 is 1.43 bits per heavy atom. The van der Waals surface area contributed by atoms with Crippen molar-refractivity contribution in [2.45, 2.75) is 84.9 Å². The number of nitrogens with zero attached hydrogens (tertiary/aromatic N) is 1. The first-order valence-corrected chi connectivity index (χ1v) is 12.6. The van der Waals surface area contributed by atoms with E-state index in [4.69, 9.17) is 0 Å². The van der Waals surface area contributed by atoms with E-state index in [1.807, 2.05) is 0 Å². The molecule has 1 aliphatic rings. The molecule has 1 aliphatic carbocycles. The molecule has 0 aromatic heterocycles. The monoisotopic (exact) mass is 499 g/mol. The highest BCUT2D eigenvalue weighted by atomic mass is 19.4. The SMILES string of the molecule is CC(C)CCN(CCC(C)C)C1CCC(C(C)(C(=O)O)C(=O)O)CC1c1ccc(C(F)(F)F)cc1. The molecule has 5 nitrogen and oxygen atoms in total. The smallest absolute Gasteiger partial charge is 0.416 e. The van der Waals surface area contributed by atoms with E-state index >= 15 is 0 Å². The summed E-state index contributed by atoms with van der Waals surface area (Å²) in [5.74, 6) is -2.67. The maximum absolute atomic E-state index is 13.2. The summed E-state index contributed by atoms with van der Waals surface area (Å²) in [6.07, 6.45) is -1.16. The van der Waals surface area contributed by atoms with Crippen LogP contribution < -0.4 is 0 Å². The fourth-order valence-electron chi connectivity index (χ4n) is 5.13. The fourth-order valence-corrected chi connectivity index (χ4v) is 5.13. The van der Waals surface area contributed by atoms with Gasteiger partial charge >= 0.3 is 18.1 Å². The summed E-state index contributed by atoms with van der Waals surface area (Å²) in [4.78, 5) is 26.4. The summed E-state index contributed by atoms with van der Waals surface area (Å²) in [5, 5.41) is 19.6. The summed E-state index contributed by atoms with van der Waals surface area (Å²) in [6.45, 7) is 11.5. The molecule has 3 unspecified atom stereocenters. The number of carbonyl (C=O) groups is 2. The molecule has 1 saturated carbocycles. The number of alkyl halides is 3. The van der Waals surface area contributed by atoms with Gasteiger partial charge in [-0.3, -0.25) is 14.5 Å². The number of halogens is 3. The number of hydrogen-bond donors (Lipinski definition) is 2. The third-order valence-corrected chi connectivity index (χ3v) is 7.64. The Balaban J connectivity index is 2.47. The second-order valence-electron chi connectivity index (χ2n) is 11.0. The number of carboxylic acid groups (broad SMARTS) is 2. The molecule has 3 atom stereocenters. The molecule has 35 heavy (non-hydrogen) atoms. The van der Waals surface area contributed by atoms with Gasteiger partial charge in [0.05, 0.1) is 5.56 Å². The zero-order chi connectivity index (χ0) is 26.6. The second kappa shape index (κ2) is 11.8. The molecule has 198 valence electrons. The zero-order valence-corrected chi connectivity index (χ0v) is 21.4. The third kappa shape index (κ3) is 7.21. The fraction of sp³-hybridized carbons (Fsp3) is 0.704. The lowest BCUT2D eigenvalue weighted by Gasteiger charge is -2.46. The molecule has 0 saturated heterocycles. The van der Waals surface area contributed by atoms with Gasteiger partial charge in [0, 0.05) is 6.04 Å². The minimum Gasteiger partial charge on any atom is -0.480 e. The average molecular weight is 500 g/mol. The molecule has 8 heteroatoms. The van der Waals surface area contributed by atoms with Crippen LogP contribution in [-0.2, 0) is 15.8 Å². The number of carboxylic acids is 2. The quantitative estimate of drug-likeness (QED) is 0.339. The Bertz CT molecular complexity index is 825. The van der Waals surface area contributed by atoms with Crippen LogP contribution in [0, 0.1) is 23.2 Å². The Hall–Kier alpha value is -2.09. The maximum atomic E-state index is 13.2. The van der Waals surface area contributed by atoms with Crippen molar-refractivity contribution in [3.8, 4) is 0 Å². The molecule has 0 bridgehead atoms. The van der Waals surface area contributed by atoms with Crippen LogP contribution in [0.25, 0.3) is 0 Å². The van der Waals surface area contributed by atoms with Crippen molar-refractivity contribution in [3.63, 3.8) is 0 Å². The zero-order valence-electron chi connectivity index (χ0n) is 21.4. The van der Waals surface area contributed by atoms with Crippen LogP contribution in [0.5, 0.6) is 0 Å². The lowest BCUT2D eigenvalue weighted by Crippen LogP contribution is -2.50. The summed E-state index contributed by atoms with van der Waals surface area (Å²) in [6, 6.07) is 5.09. The van der Waals surface area contributed by atoms with E-state index in [0.717, 1.165) is 38.1 Å². The van der Waals surface area contributed by atoms with E-state index in [-0.39, 0.29) is 12.0 Å². The Morgan fingerprint density at radius 3 is 1.83 bits per heavy atom. The predicted molar refractivity (Wildman–Crippen MR) is 129 cm³/mol. The number of benzene rings is 1. The van der Waals surface area contributed by atoms with Gasteiger partial charge in [-0.05, 0) is 93.5 Å². The van der Waals surface area contributed by atoms with E-state index in [2.05, 4.69) is 32.6 Å². The van der Waals surface area contributed by atoms with Gasteiger partial charge in [0.2, 0.25) is 0 Å². The van der Waals surface area contributed by atoms with Crippen LogP contribution in [0.3, 0.4) is 0 Å². The Kier molecular flexibility index (Phi) is 9.79. The third-order valence-electron chi connectivity index (χ3n) is 7.64. The lowest BCUT2D eigenvalue weighted by atomic mass is 9.64. The van der Waals surface area contributed by atoms with Crippen molar-refractivity contribution in [1.29, 1.82) is 0 Å². The topological polar surface area (TPSA) is 77.8 Å². The Labute approximate surface area is 206 Å². The van der Waals surface area contributed by atoms with Crippen molar-refractivity contribution < 1.29 is 33.0 Å². The number of aliphatic carboxylic acids is 2. The summed E-state index contributed by atoms with van der Waals surface area (Å²) < 4.78 is 39.5. The van der Waals surface area contributed by atoms with Crippen LogP contribution in [-0.4, -0.2) is 46.2 Å².